The Bertz CT molecular complexity index is 1500. The number of hydrogen-bond donors (Lipinski definition) is 1. The van der Waals surface area contributed by atoms with Crippen LogP contribution in [0.3, 0.4) is 0 Å². The molecule has 0 saturated heterocycles. The van der Waals surface area contributed by atoms with Crippen LogP contribution in [0, 0.1) is 0 Å². The van der Waals surface area contributed by atoms with Crippen LogP contribution in [0.5, 0.6) is 0 Å². The molecule has 1 aliphatic rings. The number of nitrogens with one attached hydrogen (secondary N) is 1. The number of nitrogens with zero attached hydrogens (tertiary/aromatic N) is 3. The first-order valence-electron chi connectivity index (χ1n) is 15.8. The zero-order chi connectivity index (χ0) is 31.7. The molecule has 4 rings (SSSR count). The average Bonchev–Trinajstić information content (AvgIpc) is 3.38. The Balaban J connectivity index is 1.60. The summed E-state index contributed by atoms with van der Waals surface area (Å²) in [5.74, 6) is -0.398. The Labute approximate surface area is 267 Å². The number of rotatable bonds is 15. The van der Waals surface area contributed by atoms with E-state index in [0.717, 1.165) is 55.6 Å². The second-order valence-corrected chi connectivity index (χ2v) is 14.3. The van der Waals surface area contributed by atoms with Gasteiger partial charge in [0, 0.05) is 56.3 Å². The predicted molar refractivity (Wildman–Crippen MR) is 179 cm³/mol. The summed E-state index contributed by atoms with van der Waals surface area (Å²) in [5, 5.41) is 3.61. The lowest BCUT2D eigenvalue weighted by Crippen LogP contribution is -2.35. The lowest BCUT2D eigenvalue weighted by molar-refractivity contribution is 0.0755. The summed E-state index contributed by atoms with van der Waals surface area (Å²) in [6.07, 6.45) is 4.14. The molecule has 2 aromatic carbocycles. The van der Waals surface area contributed by atoms with Crippen molar-refractivity contribution in [2.45, 2.75) is 77.8 Å². The van der Waals surface area contributed by atoms with Crippen molar-refractivity contribution in [2.24, 2.45) is 0 Å². The molecule has 0 bridgehead atoms. The predicted octanol–water partition coefficient (Wildman–Crippen LogP) is 6.63. The third-order valence-electron chi connectivity index (χ3n) is 7.97. The fraction of sp³-hybridized carbons (Fsp3) is 0.471. The molecule has 8 nitrogen and oxygen atoms in total. The van der Waals surface area contributed by atoms with E-state index in [1.54, 1.807) is 12.1 Å². The van der Waals surface area contributed by atoms with E-state index in [1.807, 2.05) is 36.9 Å². The van der Waals surface area contributed by atoms with E-state index in [-0.39, 0.29) is 16.7 Å². The maximum Gasteiger partial charge on any atom is 0.257 e. The van der Waals surface area contributed by atoms with Gasteiger partial charge in [-0.25, -0.2) is 8.42 Å². The highest BCUT2D eigenvalue weighted by Crippen LogP contribution is 2.38. The summed E-state index contributed by atoms with van der Waals surface area (Å²) in [7, 11) is -3.64. The third-order valence-corrected chi connectivity index (χ3v) is 11.1. The van der Waals surface area contributed by atoms with Crippen LogP contribution in [0.2, 0.25) is 0 Å². The Kier molecular flexibility index (Phi) is 12.1. The molecule has 10 heteroatoms. The largest absolute Gasteiger partial charge is 0.339 e. The molecule has 2 heterocycles. The summed E-state index contributed by atoms with van der Waals surface area (Å²) in [4.78, 5) is 33.1. The molecular formula is C34H46N4O4S2. The first-order valence-corrected chi connectivity index (χ1v) is 18.1. The number of anilines is 1. The van der Waals surface area contributed by atoms with Gasteiger partial charge < -0.3 is 10.2 Å². The minimum Gasteiger partial charge on any atom is -0.339 e. The molecule has 0 saturated carbocycles. The molecule has 3 aromatic rings. The van der Waals surface area contributed by atoms with E-state index >= 15 is 0 Å². The van der Waals surface area contributed by atoms with Gasteiger partial charge in [-0.15, -0.1) is 11.3 Å². The van der Waals surface area contributed by atoms with Crippen LogP contribution < -0.4 is 5.32 Å². The topological polar surface area (TPSA) is 90.0 Å². The molecule has 0 unspecified atom stereocenters. The molecule has 1 aliphatic heterocycles. The Hall–Kier alpha value is -3.05. The van der Waals surface area contributed by atoms with Crippen LogP contribution in [-0.4, -0.2) is 67.1 Å². The molecule has 44 heavy (non-hydrogen) atoms. The molecule has 238 valence electrons. The van der Waals surface area contributed by atoms with E-state index < -0.39 is 10.0 Å². The number of sulfonamides is 1. The Morgan fingerprint density at radius 1 is 0.909 bits per heavy atom. The summed E-state index contributed by atoms with van der Waals surface area (Å²) in [6, 6.07) is 16.4. The van der Waals surface area contributed by atoms with E-state index in [0.29, 0.717) is 48.9 Å². The number of hydrogen-bond acceptors (Lipinski definition) is 6. The van der Waals surface area contributed by atoms with Crippen LogP contribution in [0.15, 0.2) is 59.5 Å². The van der Waals surface area contributed by atoms with E-state index in [9.17, 15) is 18.0 Å². The second-order valence-electron chi connectivity index (χ2n) is 11.3. The number of unbranched alkanes of at least 4 members (excludes halogenated alkanes) is 1. The highest BCUT2D eigenvalue weighted by molar-refractivity contribution is 7.89. The van der Waals surface area contributed by atoms with Gasteiger partial charge in [0.15, 0.2) is 0 Å². The van der Waals surface area contributed by atoms with Crippen LogP contribution in [0.1, 0.15) is 90.1 Å². The molecule has 2 amide bonds. The molecular weight excluding hydrogens is 593 g/mol. The van der Waals surface area contributed by atoms with Gasteiger partial charge in [-0.2, -0.15) is 4.31 Å². The van der Waals surface area contributed by atoms with Gasteiger partial charge in [-0.3, -0.25) is 14.5 Å². The van der Waals surface area contributed by atoms with Crippen molar-refractivity contribution in [3.8, 4) is 0 Å². The van der Waals surface area contributed by atoms with Crippen molar-refractivity contribution < 1.29 is 18.0 Å². The highest BCUT2D eigenvalue weighted by Gasteiger charge is 2.31. The van der Waals surface area contributed by atoms with Crippen molar-refractivity contribution in [2.75, 3.05) is 38.0 Å². The standard InChI is InChI=1S/C34H46N4O4S2/c1-5-9-22-38(8-4)44(41,42)28-17-15-27(16-18-28)32(39)35-33-31(34(40)37(20-6-2)21-7-3)29-19-23-36(25-30(29)43-33)24-26-13-11-10-12-14-26/h10-18H,5-9,19-25H2,1-4H3,(H,35,39). The second kappa shape index (κ2) is 15.8. The highest BCUT2D eigenvalue weighted by atomic mass is 32.2. The maximum absolute atomic E-state index is 14.0. The lowest BCUT2D eigenvalue weighted by Gasteiger charge is -2.28. The molecule has 0 radical (unpaired) electrons. The van der Waals surface area contributed by atoms with Crippen molar-refractivity contribution in [3.05, 3.63) is 81.7 Å². The van der Waals surface area contributed by atoms with Crippen molar-refractivity contribution in [1.29, 1.82) is 0 Å². The zero-order valence-electron chi connectivity index (χ0n) is 26.5. The molecule has 0 fully saturated rings. The summed E-state index contributed by atoms with van der Waals surface area (Å²) < 4.78 is 27.8. The Morgan fingerprint density at radius 3 is 2.20 bits per heavy atom. The Morgan fingerprint density at radius 2 is 1.59 bits per heavy atom. The quantitative estimate of drug-likeness (QED) is 0.202. The van der Waals surface area contributed by atoms with Gasteiger partial charge in [0.05, 0.1) is 10.5 Å². The number of amides is 2. The number of carbonyl (C=O) groups is 2. The van der Waals surface area contributed by atoms with Gasteiger partial charge in [-0.05, 0) is 61.1 Å². The minimum absolute atomic E-state index is 0.0359. The maximum atomic E-state index is 14.0. The third kappa shape index (κ3) is 7.96. The van der Waals surface area contributed by atoms with E-state index in [2.05, 4.69) is 36.2 Å². The molecule has 0 atom stereocenters. The van der Waals surface area contributed by atoms with Gasteiger partial charge in [0.25, 0.3) is 11.8 Å². The van der Waals surface area contributed by atoms with E-state index in [1.165, 1.54) is 33.3 Å². The lowest BCUT2D eigenvalue weighted by atomic mass is 10.0. The number of carbonyl (C=O) groups excluding carboxylic acids is 2. The van der Waals surface area contributed by atoms with Crippen LogP contribution >= 0.6 is 11.3 Å². The average molecular weight is 639 g/mol. The summed E-state index contributed by atoms with van der Waals surface area (Å²) in [6.45, 7) is 12.5. The first kappa shape index (κ1) is 33.8. The van der Waals surface area contributed by atoms with E-state index in [4.69, 9.17) is 0 Å². The van der Waals surface area contributed by atoms with Crippen molar-refractivity contribution in [3.63, 3.8) is 0 Å². The van der Waals surface area contributed by atoms with Crippen LogP contribution in [0.25, 0.3) is 0 Å². The monoisotopic (exact) mass is 638 g/mol. The smallest absolute Gasteiger partial charge is 0.257 e. The first-order chi connectivity index (χ1) is 21.2. The van der Waals surface area contributed by atoms with Gasteiger partial charge in [0.1, 0.15) is 5.00 Å². The van der Waals surface area contributed by atoms with Crippen LogP contribution in [0.4, 0.5) is 5.00 Å². The SMILES string of the molecule is CCCCN(CC)S(=O)(=O)c1ccc(C(=O)Nc2sc3c(c2C(=O)N(CCC)CCC)CCN(Cc2ccccc2)C3)cc1. The molecule has 1 N–H and O–H groups in total. The molecule has 0 aliphatic carbocycles. The zero-order valence-corrected chi connectivity index (χ0v) is 28.1. The van der Waals surface area contributed by atoms with Crippen molar-refractivity contribution in [1.82, 2.24) is 14.1 Å². The van der Waals surface area contributed by atoms with Crippen LogP contribution in [-0.2, 0) is 29.5 Å². The molecule has 1 aromatic heterocycles. The van der Waals surface area contributed by atoms with Crippen molar-refractivity contribution >= 4 is 38.2 Å². The van der Waals surface area contributed by atoms with Gasteiger partial charge in [0.2, 0.25) is 10.0 Å². The number of thiophene rings is 1. The fourth-order valence-corrected chi connectivity index (χ4v) is 8.41. The minimum atomic E-state index is -3.64. The summed E-state index contributed by atoms with van der Waals surface area (Å²) in [5.41, 5.74) is 3.22. The van der Waals surface area contributed by atoms with Gasteiger partial charge >= 0.3 is 0 Å². The molecule has 0 spiro atoms. The summed E-state index contributed by atoms with van der Waals surface area (Å²) >= 11 is 1.48. The number of benzene rings is 2. The fourth-order valence-electron chi connectivity index (χ4n) is 5.65. The normalized spacial score (nSPS) is 13.6. The van der Waals surface area contributed by atoms with Gasteiger partial charge in [-0.1, -0.05) is 64.4 Å². The number of fused-ring (bicyclic) bond motifs is 1.